The van der Waals surface area contributed by atoms with Gasteiger partial charge in [0.1, 0.15) is 17.7 Å². The molecule has 1 aliphatic rings. The molecule has 1 fully saturated rings. The highest BCUT2D eigenvalue weighted by Crippen LogP contribution is 2.32. The molecule has 1 aromatic carbocycles. The van der Waals surface area contributed by atoms with Crippen molar-refractivity contribution in [2.75, 3.05) is 25.1 Å². The first kappa shape index (κ1) is 12.2. The Bertz CT molecular complexity index is 587. The van der Waals surface area contributed by atoms with Gasteiger partial charge in [-0.1, -0.05) is 12.1 Å². The Balaban J connectivity index is 2.08. The summed E-state index contributed by atoms with van der Waals surface area (Å²) in [4.78, 5) is 6.48. The third-order valence-electron chi connectivity index (χ3n) is 3.63. The SMILES string of the molecule is COc1cccc2c(N3CCCC(F)C3)nccc12. The van der Waals surface area contributed by atoms with Gasteiger partial charge in [-0.05, 0) is 25.0 Å². The summed E-state index contributed by atoms with van der Waals surface area (Å²) >= 11 is 0. The summed E-state index contributed by atoms with van der Waals surface area (Å²) in [5.74, 6) is 1.69. The molecule has 2 heterocycles. The molecule has 0 saturated carbocycles. The van der Waals surface area contributed by atoms with Gasteiger partial charge in [0.2, 0.25) is 0 Å². The Morgan fingerprint density at radius 1 is 1.32 bits per heavy atom. The molecule has 0 radical (unpaired) electrons. The van der Waals surface area contributed by atoms with Gasteiger partial charge in [0.25, 0.3) is 0 Å². The number of methoxy groups -OCH3 is 1. The maximum atomic E-state index is 13.6. The van der Waals surface area contributed by atoms with E-state index < -0.39 is 6.17 Å². The number of pyridine rings is 1. The van der Waals surface area contributed by atoms with Gasteiger partial charge in [-0.15, -0.1) is 0 Å². The van der Waals surface area contributed by atoms with Crippen LogP contribution in [0, 0.1) is 0 Å². The Labute approximate surface area is 112 Å². The first-order chi connectivity index (χ1) is 9.29. The lowest BCUT2D eigenvalue weighted by Crippen LogP contribution is -2.36. The van der Waals surface area contributed by atoms with Crippen LogP contribution in [0.2, 0.25) is 0 Å². The van der Waals surface area contributed by atoms with E-state index in [0.717, 1.165) is 35.3 Å². The van der Waals surface area contributed by atoms with Crippen LogP contribution in [0.3, 0.4) is 0 Å². The van der Waals surface area contributed by atoms with Crippen molar-refractivity contribution in [3.05, 3.63) is 30.5 Å². The minimum absolute atomic E-state index is 0.434. The Kier molecular flexibility index (Phi) is 3.23. The number of halogens is 1. The second-order valence-electron chi connectivity index (χ2n) is 4.88. The molecule has 1 aliphatic heterocycles. The first-order valence-corrected chi connectivity index (χ1v) is 6.60. The number of rotatable bonds is 2. The van der Waals surface area contributed by atoms with Gasteiger partial charge in [0, 0.05) is 23.5 Å². The minimum Gasteiger partial charge on any atom is -0.496 e. The van der Waals surface area contributed by atoms with Crippen LogP contribution in [0.4, 0.5) is 10.2 Å². The smallest absolute Gasteiger partial charge is 0.136 e. The van der Waals surface area contributed by atoms with Crippen molar-refractivity contribution in [1.82, 2.24) is 4.98 Å². The maximum absolute atomic E-state index is 13.6. The van der Waals surface area contributed by atoms with E-state index in [1.165, 1.54) is 0 Å². The van der Waals surface area contributed by atoms with Crippen molar-refractivity contribution < 1.29 is 9.13 Å². The number of ether oxygens (including phenoxy) is 1. The van der Waals surface area contributed by atoms with E-state index in [9.17, 15) is 4.39 Å². The first-order valence-electron chi connectivity index (χ1n) is 6.60. The minimum atomic E-state index is -0.753. The molecule has 1 unspecified atom stereocenters. The number of benzene rings is 1. The lowest BCUT2D eigenvalue weighted by atomic mass is 10.1. The van der Waals surface area contributed by atoms with Crippen molar-refractivity contribution in [2.24, 2.45) is 0 Å². The van der Waals surface area contributed by atoms with Crippen LogP contribution in [0.15, 0.2) is 30.5 Å². The van der Waals surface area contributed by atoms with E-state index >= 15 is 0 Å². The van der Waals surface area contributed by atoms with Crippen molar-refractivity contribution in [1.29, 1.82) is 0 Å². The molecule has 1 saturated heterocycles. The van der Waals surface area contributed by atoms with Crippen LogP contribution in [0.5, 0.6) is 5.75 Å². The molecular weight excluding hydrogens is 243 g/mol. The quantitative estimate of drug-likeness (QED) is 0.829. The molecule has 0 N–H and O–H groups in total. The molecule has 3 rings (SSSR count). The number of fused-ring (bicyclic) bond motifs is 1. The fourth-order valence-corrected chi connectivity index (χ4v) is 2.71. The van der Waals surface area contributed by atoms with Gasteiger partial charge in [-0.3, -0.25) is 0 Å². The summed E-state index contributed by atoms with van der Waals surface area (Å²) in [6.07, 6.45) is 2.55. The largest absolute Gasteiger partial charge is 0.496 e. The van der Waals surface area contributed by atoms with Crippen molar-refractivity contribution in [2.45, 2.75) is 19.0 Å². The van der Waals surface area contributed by atoms with E-state index in [4.69, 9.17) is 4.74 Å². The molecule has 100 valence electrons. The average molecular weight is 260 g/mol. The number of nitrogens with zero attached hydrogens (tertiary/aromatic N) is 2. The second kappa shape index (κ2) is 5.03. The fourth-order valence-electron chi connectivity index (χ4n) is 2.71. The molecule has 3 nitrogen and oxygen atoms in total. The van der Waals surface area contributed by atoms with Gasteiger partial charge < -0.3 is 9.64 Å². The number of aromatic nitrogens is 1. The van der Waals surface area contributed by atoms with E-state index in [1.807, 2.05) is 29.2 Å². The zero-order chi connectivity index (χ0) is 13.2. The third-order valence-corrected chi connectivity index (χ3v) is 3.63. The van der Waals surface area contributed by atoms with Gasteiger partial charge in [-0.2, -0.15) is 0 Å². The van der Waals surface area contributed by atoms with Crippen molar-refractivity contribution in [3.8, 4) is 5.75 Å². The van der Waals surface area contributed by atoms with Gasteiger partial charge in [0.05, 0.1) is 13.7 Å². The summed E-state index contributed by atoms with van der Waals surface area (Å²) in [6, 6.07) is 7.83. The highest BCUT2D eigenvalue weighted by atomic mass is 19.1. The van der Waals surface area contributed by atoms with Crippen molar-refractivity contribution >= 4 is 16.6 Å². The van der Waals surface area contributed by atoms with Gasteiger partial charge >= 0.3 is 0 Å². The fraction of sp³-hybridized carbons (Fsp3) is 0.400. The van der Waals surface area contributed by atoms with E-state index in [-0.39, 0.29) is 0 Å². The molecule has 1 aromatic heterocycles. The number of hydrogen-bond acceptors (Lipinski definition) is 3. The summed E-state index contributed by atoms with van der Waals surface area (Å²) in [6.45, 7) is 1.30. The van der Waals surface area contributed by atoms with Crippen LogP contribution < -0.4 is 9.64 Å². The van der Waals surface area contributed by atoms with E-state index in [2.05, 4.69) is 4.98 Å². The Morgan fingerprint density at radius 3 is 3.00 bits per heavy atom. The van der Waals surface area contributed by atoms with Crippen molar-refractivity contribution in [3.63, 3.8) is 0 Å². The summed E-state index contributed by atoms with van der Waals surface area (Å²) < 4.78 is 18.9. The normalized spacial score (nSPS) is 19.7. The molecule has 4 heteroatoms. The standard InChI is InChI=1S/C15H17FN2O/c1-19-14-6-2-5-13-12(14)7-8-17-15(13)18-9-3-4-11(16)10-18/h2,5-8,11H,3-4,9-10H2,1H3. The van der Waals surface area contributed by atoms with Crippen LogP contribution in [-0.4, -0.2) is 31.4 Å². The number of hydrogen-bond donors (Lipinski definition) is 0. The number of piperidine rings is 1. The van der Waals surface area contributed by atoms with Crippen LogP contribution in [-0.2, 0) is 0 Å². The van der Waals surface area contributed by atoms with Gasteiger partial charge in [-0.25, -0.2) is 9.37 Å². The topological polar surface area (TPSA) is 25.4 Å². The molecule has 0 spiro atoms. The predicted molar refractivity (Wildman–Crippen MR) is 74.6 cm³/mol. The third kappa shape index (κ3) is 2.23. The monoisotopic (exact) mass is 260 g/mol. The number of anilines is 1. The molecule has 0 bridgehead atoms. The number of alkyl halides is 1. The molecule has 19 heavy (non-hydrogen) atoms. The molecule has 2 aromatic rings. The molecule has 1 atom stereocenters. The molecule has 0 aliphatic carbocycles. The summed E-state index contributed by atoms with van der Waals surface area (Å²) in [7, 11) is 1.66. The van der Waals surface area contributed by atoms with Crippen LogP contribution in [0.1, 0.15) is 12.8 Å². The summed E-state index contributed by atoms with van der Waals surface area (Å²) in [5.41, 5.74) is 0. The zero-order valence-electron chi connectivity index (χ0n) is 11.0. The zero-order valence-corrected chi connectivity index (χ0v) is 11.0. The second-order valence-corrected chi connectivity index (χ2v) is 4.88. The van der Waals surface area contributed by atoms with Crippen LogP contribution >= 0.6 is 0 Å². The summed E-state index contributed by atoms with van der Waals surface area (Å²) in [5, 5.41) is 2.05. The van der Waals surface area contributed by atoms with E-state index in [0.29, 0.717) is 13.0 Å². The lowest BCUT2D eigenvalue weighted by molar-refractivity contribution is 0.286. The van der Waals surface area contributed by atoms with E-state index in [1.54, 1.807) is 13.3 Å². The predicted octanol–water partition coefficient (Wildman–Crippen LogP) is 3.18. The maximum Gasteiger partial charge on any atom is 0.136 e. The Morgan fingerprint density at radius 2 is 2.21 bits per heavy atom. The lowest BCUT2D eigenvalue weighted by Gasteiger charge is -2.30. The van der Waals surface area contributed by atoms with Crippen LogP contribution in [0.25, 0.3) is 10.8 Å². The molecular formula is C15H17FN2O. The highest BCUT2D eigenvalue weighted by Gasteiger charge is 2.21. The van der Waals surface area contributed by atoms with Gasteiger partial charge in [0.15, 0.2) is 0 Å². The average Bonchev–Trinajstić information content (AvgIpc) is 2.46. The highest BCUT2D eigenvalue weighted by molar-refractivity contribution is 5.96. The Hall–Kier alpha value is -1.84. The molecule has 0 amide bonds.